The molecule has 0 N–H and O–H groups in total. The van der Waals surface area contributed by atoms with Crippen LogP contribution in [0, 0.1) is 6.68 Å². The molecule has 0 aliphatic heterocycles. The van der Waals surface area contributed by atoms with Crippen LogP contribution < -0.4 is 0 Å². The van der Waals surface area contributed by atoms with E-state index in [-0.39, 0.29) is 0 Å². The zero-order valence-corrected chi connectivity index (χ0v) is 3.83. The molecule has 0 aromatic rings. The molecule has 5 heteroatoms. The van der Waals surface area contributed by atoms with Gasteiger partial charge in [0.05, 0.1) is 0 Å². The Bertz CT molecular complexity index is 22.0. The van der Waals surface area contributed by atoms with Crippen LogP contribution in [0.3, 0.4) is 0 Å². The summed E-state index contributed by atoms with van der Waals surface area (Å²) in [6.07, 6.45) is 0. The monoisotopic (exact) mass is 192 g/mol. The van der Waals surface area contributed by atoms with Gasteiger partial charge in [0.15, 0.2) is 6.68 Å². The molecule has 0 atom stereocenters. The minimum absolute atomic E-state index is 1.70. The van der Waals surface area contributed by atoms with Crippen molar-refractivity contribution in [3.8, 4) is 0 Å². The van der Waals surface area contributed by atoms with Crippen molar-refractivity contribution in [1.82, 2.24) is 0 Å². The molecule has 0 bridgehead atoms. The number of rotatable bonds is 0. The predicted octanol–water partition coefficient (Wildman–Crippen LogP) is 1.22. The maximum absolute atomic E-state index is 9.58. The van der Waals surface area contributed by atoms with Crippen molar-refractivity contribution in [2.75, 3.05) is 0 Å². The summed E-state index contributed by atoms with van der Waals surface area (Å²) in [6, 6.07) is 0. The molecule has 0 spiro atoms. The van der Waals surface area contributed by atoms with E-state index in [1.807, 2.05) is 0 Å². The van der Waals surface area contributed by atoms with Gasteiger partial charge in [-0.2, -0.15) is 0 Å². The summed E-state index contributed by atoms with van der Waals surface area (Å²) in [5, 5.41) is 0. The molecule has 43 valence electrons. The summed E-state index contributed by atoms with van der Waals surface area (Å²) >= 11 is 1.70. The van der Waals surface area contributed by atoms with E-state index in [2.05, 4.69) is 0 Å². The molecule has 0 rings (SSSR count). The van der Waals surface area contributed by atoms with Gasteiger partial charge in [-0.25, -0.2) is 0 Å². The topological polar surface area (TPSA) is 17.1 Å². The Morgan fingerprint density at radius 1 is 1.17 bits per heavy atom. The average Bonchev–Trinajstić information content (AvgIpc) is 1.41. The van der Waals surface area contributed by atoms with Crippen molar-refractivity contribution < 1.29 is 37.5 Å². The second-order valence-electron chi connectivity index (χ2n) is 0.214. The molecule has 0 unspecified atom stereocenters. The Balaban J connectivity index is 0. The molecule has 0 aliphatic rings. The first-order valence-electron chi connectivity index (χ1n) is 0.690. The van der Waals surface area contributed by atoms with Crippen LogP contribution in [0.25, 0.3) is 0 Å². The quantitative estimate of drug-likeness (QED) is 0.417. The minimum atomic E-state index is -3.08. The van der Waals surface area contributed by atoms with E-state index in [4.69, 9.17) is 3.25 Å². The van der Waals surface area contributed by atoms with Crippen LogP contribution in [0.1, 0.15) is 0 Å². The predicted molar refractivity (Wildman–Crippen MR) is 7.25 cm³/mol. The van der Waals surface area contributed by atoms with Crippen LogP contribution in [-0.2, 0) is 24.3 Å². The van der Waals surface area contributed by atoms with E-state index in [1.165, 1.54) is 0 Å². The van der Waals surface area contributed by atoms with Gasteiger partial charge in [0.2, 0.25) is 0 Å². The van der Waals surface area contributed by atoms with Crippen molar-refractivity contribution in [2.45, 2.75) is 0 Å². The van der Waals surface area contributed by atoms with E-state index in [1.54, 1.807) is 21.0 Å². The molecule has 6 heavy (non-hydrogen) atoms. The molecule has 0 radical (unpaired) electrons. The molecule has 0 aliphatic carbocycles. The van der Waals surface area contributed by atoms with Gasteiger partial charge in [-0.1, -0.05) is 0 Å². The molecular formula is CAgF3O-. The molecule has 0 fully saturated rings. The van der Waals surface area contributed by atoms with Gasteiger partial charge in [0.25, 0.3) is 0 Å². The summed E-state index contributed by atoms with van der Waals surface area (Å²) in [5.74, 6) is 0. The van der Waals surface area contributed by atoms with E-state index in [0.717, 1.165) is 0 Å². The van der Waals surface area contributed by atoms with Crippen molar-refractivity contribution in [1.29, 1.82) is 0 Å². The Kier molecular flexibility index (Phi) is 14.4. The summed E-state index contributed by atoms with van der Waals surface area (Å²) in [4.78, 5) is 0. The first-order chi connectivity index (χ1) is 2.73. The third kappa shape index (κ3) is 440. The van der Waals surface area contributed by atoms with Gasteiger partial charge in [-0.15, -0.1) is 0 Å². The second-order valence-corrected chi connectivity index (χ2v) is 0.214. The van der Waals surface area contributed by atoms with Gasteiger partial charge in [-0.3, -0.25) is 0 Å². The summed E-state index contributed by atoms with van der Waals surface area (Å²) in [7, 11) is 0. The Labute approximate surface area is 44.8 Å². The van der Waals surface area contributed by atoms with Gasteiger partial charge in [0.1, 0.15) is 0 Å². The van der Waals surface area contributed by atoms with Crippen LogP contribution >= 0.6 is 0 Å². The molecule has 0 heterocycles. The van der Waals surface area contributed by atoms with Crippen LogP contribution in [0.4, 0.5) is 13.2 Å². The molecule has 0 saturated carbocycles. The van der Waals surface area contributed by atoms with Crippen molar-refractivity contribution >= 4 is 0 Å². The van der Waals surface area contributed by atoms with Gasteiger partial charge < -0.3 is 13.2 Å². The van der Waals surface area contributed by atoms with Gasteiger partial charge in [0, 0.05) is 0 Å². The maximum atomic E-state index is 9.58. The molecule has 0 aromatic carbocycles. The zero-order chi connectivity index (χ0) is 5.58. The Morgan fingerprint density at radius 2 is 1.17 bits per heavy atom. The second kappa shape index (κ2) is 9.01. The van der Waals surface area contributed by atoms with Gasteiger partial charge in [-0.05, 0) is 0 Å². The Hall–Kier alpha value is 0.330. The SMILES string of the molecule is F[C-](F)F.[O]=[Ag]. The van der Waals surface area contributed by atoms with Gasteiger partial charge >= 0.3 is 24.3 Å². The van der Waals surface area contributed by atoms with Crippen LogP contribution in [0.5, 0.6) is 0 Å². The number of hydrogen-bond donors (Lipinski definition) is 0. The average molecular weight is 193 g/mol. The van der Waals surface area contributed by atoms with E-state index in [9.17, 15) is 13.2 Å². The molecule has 1 nitrogen and oxygen atoms in total. The van der Waals surface area contributed by atoms with Crippen molar-refractivity contribution in [2.24, 2.45) is 0 Å². The fourth-order valence-corrected chi connectivity index (χ4v) is 0. The van der Waals surface area contributed by atoms with E-state index >= 15 is 0 Å². The van der Waals surface area contributed by atoms with Crippen molar-refractivity contribution in [3.63, 3.8) is 0 Å². The summed E-state index contributed by atoms with van der Waals surface area (Å²) < 4.78 is 36.8. The summed E-state index contributed by atoms with van der Waals surface area (Å²) in [6.45, 7) is -3.08. The third-order valence-corrected chi connectivity index (χ3v) is 0. The Morgan fingerprint density at radius 3 is 1.17 bits per heavy atom. The first-order valence-corrected chi connectivity index (χ1v) is 1.30. The van der Waals surface area contributed by atoms with E-state index in [0.29, 0.717) is 0 Å². The normalized spacial score (nSPS) is 7.00. The first kappa shape index (κ1) is 9.59. The standard InChI is InChI=1S/CF3.Ag.O/c2-1(3)4;;/q-1;;. The number of halogens is 3. The van der Waals surface area contributed by atoms with Crippen LogP contribution in [-0.4, -0.2) is 0 Å². The summed E-state index contributed by atoms with van der Waals surface area (Å²) in [5.41, 5.74) is 0. The van der Waals surface area contributed by atoms with Crippen LogP contribution in [0.2, 0.25) is 0 Å². The van der Waals surface area contributed by atoms with E-state index < -0.39 is 6.68 Å². The molecule has 0 aromatic heterocycles. The fraction of sp³-hybridized carbons (Fsp3) is 0. The van der Waals surface area contributed by atoms with Crippen LogP contribution in [0.15, 0.2) is 0 Å². The van der Waals surface area contributed by atoms with Crippen molar-refractivity contribution in [3.05, 3.63) is 6.68 Å². The molecule has 0 amide bonds. The molecule has 0 saturated heterocycles. The molecular weight excluding hydrogens is 193 g/mol. The third-order valence-electron chi connectivity index (χ3n) is 0. The zero-order valence-electron chi connectivity index (χ0n) is 2.34. The fourth-order valence-electron chi connectivity index (χ4n) is 0. The number of hydrogen-bond acceptors (Lipinski definition) is 1.